The largest absolute Gasteiger partial charge is 0.332 e. The Morgan fingerprint density at radius 2 is 1.61 bits per heavy atom. The highest BCUT2D eigenvalue weighted by Gasteiger charge is 2.12. The fourth-order valence-electron chi connectivity index (χ4n) is 2.94. The lowest BCUT2D eigenvalue weighted by atomic mass is 10.0. The maximum atomic E-state index is 12.5. The van der Waals surface area contributed by atoms with E-state index in [2.05, 4.69) is 15.6 Å². The third kappa shape index (κ3) is 4.99. The van der Waals surface area contributed by atoms with Crippen molar-refractivity contribution in [3.8, 4) is 0 Å². The molecule has 1 aromatic heterocycles. The summed E-state index contributed by atoms with van der Waals surface area (Å²) >= 11 is 8.49. The molecule has 0 bridgehead atoms. The first kappa shape index (κ1) is 21.2. The van der Waals surface area contributed by atoms with Crippen molar-refractivity contribution in [2.45, 2.75) is 4.34 Å². The van der Waals surface area contributed by atoms with Gasteiger partial charge >= 0.3 is 0 Å². The first-order valence-electron chi connectivity index (χ1n) is 9.30. The number of thiocarbonyl (C=S) groups is 1. The van der Waals surface area contributed by atoms with Crippen LogP contribution in [0.5, 0.6) is 0 Å². The smallest absolute Gasteiger partial charge is 0.257 e. The van der Waals surface area contributed by atoms with Crippen molar-refractivity contribution in [1.29, 1.82) is 0 Å². The van der Waals surface area contributed by atoms with E-state index in [9.17, 15) is 9.59 Å². The Hall–Kier alpha value is -3.07. The second-order valence-corrected chi connectivity index (χ2v) is 9.04. The molecule has 154 valence electrons. The molecule has 0 saturated carbocycles. The molecule has 31 heavy (non-hydrogen) atoms. The fraction of sp³-hybridized carbons (Fsp3) is 0.0435. The SMILES string of the molecule is CSc1nc2ccc(NC(=S)NC(=O)c3ccc(C(=O)c4ccccc4)cc3)cc2s1. The van der Waals surface area contributed by atoms with Crippen LogP contribution in [0.25, 0.3) is 10.2 Å². The number of hydrogen-bond acceptors (Lipinski definition) is 6. The predicted octanol–water partition coefficient (Wildman–Crippen LogP) is 5.38. The lowest BCUT2D eigenvalue weighted by Crippen LogP contribution is -2.34. The van der Waals surface area contributed by atoms with Crippen molar-refractivity contribution >= 4 is 68.0 Å². The number of hydrogen-bond donors (Lipinski definition) is 2. The predicted molar refractivity (Wildman–Crippen MR) is 131 cm³/mol. The molecule has 3 aromatic carbocycles. The van der Waals surface area contributed by atoms with Crippen molar-refractivity contribution < 1.29 is 9.59 Å². The van der Waals surface area contributed by atoms with Gasteiger partial charge < -0.3 is 5.32 Å². The summed E-state index contributed by atoms with van der Waals surface area (Å²) in [6, 6.07) is 21.3. The molecule has 0 aliphatic rings. The fourth-order valence-corrected chi connectivity index (χ4v) is 4.67. The molecule has 0 atom stereocenters. The van der Waals surface area contributed by atoms with Gasteiger partial charge in [0, 0.05) is 22.4 Å². The Bertz CT molecular complexity index is 1270. The van der Waals surface area contributed by atoms with Gasteiger partial charge in [-0.25, -0.2) is 4.98 Å². The minimum Gasteiger partial charge on any atom is -0.332 e. The quantitative estimate of drug-likeness (QED) is 0.235. The molecule has 0 spiro atoms. The van der Waals surface area contributed by atoms with Gasteiger partial charge in [-0.15, -0.1) is 11.3 Å². The summed E-state index contributed by atoms with van der Waals surface area (Å²) in [5, 5.41) is 5.90. The van der Waals surface area contributed by atoms with Crippen LogP contribution in [0.15, 0.2) is 77.1 Å². The first-order chi connectivity index (χ1) is 15.0. The van der Waals surface area contributed by atoms with Crippen molar-refractivity contribution in [2.75, 3.05) is 11.6 Å². The molecule has 4 aromatic rings. The number of rotatable bonds is 5. The van der Waals surface area contributed by atoms with E-state index in [1.54, 1.807) is 59.5 Å². The molecule has 0 fully saturated rings. The number of fused-ring (bicyclic) bond motifs is 1. The normalized spacial score (nSPS) is 10.6. The van der Waals surface area contributed by atoms with Gasteiger partial charge in [0.05, 0.1) is 10.2 Å². The van der Waals surface area contributed by atoms with Crippen LogP contribution in [0.2, 0.25) is 0 Å². The molecule has 5 nitrogen and oxygen atoms in total. The van der Waals surface area contributed by atoms with Gasteiger partial charge in [-0.2, -0.15) is 0 Å². The summed E-state index contributed by atoms with van der Waals surface area (Å²) < 4.78 is 2.04. The van der Waals surface area contributed by atoms with Crippen molar-refractivity contribution in [2.24, 2.45) is 0 Å². The summed E-state index contributed by atoms with van der Waals surface area (Å²) in [6.07, 6.45) is 1.99. The van der Waals surface area contributed by atoms with E-state index in [0.29, 0.717) is 16.7 Å². The number of ketones is 1. The van der Waals surface area contributed by atoms with Gasteiger partial charge in [0.15, 0.2) is 15.2 Å². The Labute approximate surface area is 192 Å². The molecule has 1 amide bonds. The zero-order valence-electron chi connectivity index (χ0n) is 16.4. The third-order valence-electron chi connectivity index (χ3n) is 4.47. The monoisotopic (exact) mass is 463 g/mol. The number of nitrogens with zero attached hydrogens (tertiary/aromatic N) is 1. The number of thiazole rings is 1. The van der Waals surface area contributed by atoms with E-state index in [-0.39, 0.29) is 16.8 Å². The van der Waals surface area contributed by atoms with Gasteiger partial charge in [-0.3, -0.25) is 14.9 Å². The van der Waals surface area contributed by atoms with Gasteiger partial charge in [-0.1, -0.05) is 54.2 Å². The standard InChI is InChI=1S/C23H17N3O2S3/c1-30-23-25-18-12-11-17(13-19(18)31-23)24-22(29)26-21(28)16-9-7-15(8-10-16)20(27)14-5-3-2-4-6-14/h2-13H,1H3,(H2,24,26,28,29). The second-order valence-electron chi connectivity index (χ2n) is 6.55. The molecule has 4 rings (SSSR count). The van der Waals surface area contributed by atoms with Crippen LogP contribution in [0, 0.1) is 0 Å². The summed E-state index contributed by atoms with van der Waals surface area (Å²) in [5.41, 5.74) is 3.24. The second kappa shape index (κ2) is 9.38. The van der Waals surface area contributed by atoms with Gasteiger partial charge in [0.2, 0.25) is 0 Å². The molecule has 2 N–H and O–H groups in total. The summed E-state index contributed by atoms with van der Waals surface area (Å²) in [4.78, 5) is 29.5. The van der Waals surface area contributed by atoms with Gasteiger partial charge in [0.25, 0.3) is 5.91 Å². The first-order valence-corrected chi connectivity index (χ1v) is 11.7. The van der Waals surface area contributed by atoms with Crippen molar-refractivity contribution in [1.82, 2.24) is 10.3 Å². The van der Waals surface area contributed by atoms with E-state index >= 15 is 0 Å². The average molecular weight is 464 g/mol. The highest BCUT2D eigenvalue weighted by molar-refractivity contribution is 8.00. The van der Waals surface area contributed by atoms with Crippen LogP contribution in [0.4, 0.5) is 5.69 Å². The highest BCUT2D eigenvalue weighted by Crippen LogP contribution is 2.29. The lowest BCUT2D eigenvalue weighted by Gasteiger charge is -2.10. The molecular formula is C23H17N3O2S3. The highest BCUT2D eigenvalue weighted by atomic mass is 32.2. The topological polar surface area (TPSA) is 71.1 Å². The number of amides is 1. The molecule has 0 aliphatic carbocycles. The Kier molecular flexibility index (Phi) is 6.41. The van der Waals surface area contributed by atoms with E-state index in [4.69, 9.17) is 12.2 Å². The van der Waals surface area contributed by atoms with Crippen LogP contribution in [0.1, 0.15) is 26.3 Å². The van der Waals surface area contributed by atoms with Gasteiger partial charge in [-0.05, 0) is 48.8 Å². The number of aromatic nitrogens is 1. The summed E-state index contributed by atoms with van der Waals surface area (Å²) in [7, 11) is 0. The number of carbonyl (C=O) groups is 2. The van der Waals surface area contributed by atoms with Crippen LogP contribution in [-0.2, 0) is 0 Å². The number of anilines is 1. The van der Waals surface area contributed by atoms with Gasteiger partial charge in [0.1, 0.15) is 0 Å². The number of thioether (sulfide) groups is 1. The zero-order chi connectivity index (χ0) is 21.8. The molecule has 0 radical (unpaired) electrons. The minimum atomic E-state index is -0.347. The average Bonchev–Trinajstić information content (AvgIpc) is 3.21. The van der Waals surface area contributed by atoms with Crippen LogP contribution in [-0.4, -0.2) is 28.0 Å². The van der Waals surface area contributed by atoms with E-state index in [1.165, 1.54) is 0 Å². The molecular weight excluding hydrogens is 446 g/mol. The maximum Gasteiger partial charge on any atom is 0.257 e. The Morgan fingerprint density at radius 1 is 0.935 bits per heavy atom. The van der Waals surface area contributed by atoms with Crippen molar-refractivity contribution in [3.63, 3.8) is 0 Å². The zero-order valence-corrected chi connectivity index (χ0v) is 18.9. The number of benzene rings is 3. The summed E-state index contributed by atoms with van der Waals surface area (Å²) in [5.74, 6) is -0.437. The number of nitrogens with one attached hydrogen (secondary N) is 2. The molecule has 0 unspecified atom stereocenters. The lowest BCUT2D eigenvalue weighted by molar-refractivity contribution is 0.0975. The van der Waals surface area contributed by atoms with Crippen LogP contribution in [0.3, 0.4) is 0 Å². The molecule has 0 saturated heterocycles. The molecule has 8 heteroatoms. The van der Waals surface area contributed by atoms with E-state index in [0.717, 1.165) is 20.2 Å². The Morgan fingerprint density at radius 3 is 2.32 bits per heavy atom. The van der Waals surface area contributed by atoms with Crippen LogP contribution < -0.4 is 10.6 Å². The summed E-state index contributed by atoms with van der Waals surface area (Å²) in [6.45, 7) is 0. The third-order valence-corrected chi connectivity index (χ3v) is 6.68. The molecule has 0 aliphatic heterocycles. The van der Waals surface area contributed by atoms with Crippen LogP contribution >= 0.6 is 35.3 Å². The Balaban J connectivity index is 1.39. The minimum absolute atomic E-state index is 0.0900. The maximum absolute atomic E-state index is 12.5. The molecule has 1 heterocycles. The van der Waals surface area contributed by atoms with E-state index < -0.39 is 0 Å². The number of carbonyl (C=O) groups excluding carboxylic acids is 2. The van der Waals surface area contributed by atoms with Crippen molar-refractivity contribution in [3.05, 3.63) is 89.5 Å². The van der Waals surface area contributed by atoms with E-state index in [1.807, 2.05) is 42.7 Å².